The maximum Gasteiger partial charge on any atom is 0.234 e. The van der Waals surface area contributed by atoms with E-state index < -0.39 is 11.4 Å². The number of benzene rings is 1. The highest BCUT2D eigenvalue weighted by Gasteiger charge is 2.58. The second-order valence-electron chi connectivity index (χ2n) is 11.3. The van der Waals surface area contributed by atoms with Gasteiger partial charge in [-0.15, -0.1) is 0 Å². The highest BCUT2D eigenvalue weighted by Crippen LogP contribution is 2.55. The molecule has 3 N–H and O–H groups in total. The molecule has 1 amide bonds. The molecule has 7 rings (SSSR count). The third-order valence-corrected chi connectivity index (χ3v) is 8.32. The number of hydrogen-bond acceptors (Lipinski definition) is 5. The van der Waals surface area contributed by atoms with E-state index in [4.69, 9.17) is 9.47 Å². The Morgan fingerprint density at radius 3 is 2.48 bits per heavy atom. The fraction of sp³-hybridized carbons (Fsp3) is 0.720. The van der Waals surface area contributed by atoms with E-state index in [0.29, 0.717) is 13.1 Å². The van der Waals surface area contributed by atoms with Crippen molar-refractivity contribution in [3.8, 4) is 0 Å². The van der Waals surface area contributed by atoms with Crippen LogP contribution in [0.15, 0.2) is 24.3 Å². The minimum atomic E-state index is -0.638. The third-order valence-electron chi connectivity index (χ3n) is 8.32. The molecule has 6 nitrogen and oxygen atoms in total. The summed E-state index contributed by atoms with van der Waals surface area (Å²) in [6, 6.07) is 8.26. The Morgan fingerprint density at radius 2 is 1.77 bits per heavy atom. The lowest BCUT2D eigenvalue weighted by molar-refractivity contribution is -0.166. The van der Waals surface area contributed by atoms with Crippen molar-refractivity contribution in [2.75, 3.05) is 18.4 Å². The lowest BCUT2D eigenvalue weighted by atomic mass is 9.53. The first-order chi connectivity index (χ1) is 14.8. The average molecular weight is 426 g/mol. The zero-order valence-electron chi connectivity index (χ0n) is 18.7. The summed E-state index contributed by atoms with van der Waals surface area (Å²) >= 11 is 0. The monoisotopic (exact) mass is 425 g/mol. The molecule has 4 aliphatic carbocycles. The molecule has 6 aliphatic rings. The van der Waals surface area contributed by atoms with Gasteiger partial charge in [0.15, 0.2) is 12.0 Å². The highest BCUT2D eigenvalue weighted by molar-refractivity contribution is 5.79. The largest absolute Gasteiger partial charge is 0.357 e. The summed E-state index contributed by atoms with van der Waals surface area (Å²) in [5.74, 6) is 2.03. The summed E-state index contributed by atoms with van der Waals surface area (Å²) in [6.45, 7) is 4.98. The van der Waals surface area contributed by atoms with E-state index in [1.165, 1.54) is 38.5 Å². The molecule has 2 atom stereocenters. The van der Waals surface area contributed by atoms with Gasteiger partial charge in [-0.3, -0.25) is 4.79 Å². The number of ether oxygens (including phenoxy) is 2. The van der Waals surface area contributed by atoms with Gasteiger partial charge in [0.1, 0.15) is 5.60 Å². The number of hydrogen-bond donors (Lipinski definition) is 3. The molecule has 0 unspecified atom stereocenters. The van der Waals surface area contributed by atoms with E-state index in [9.17, 15) is 4.79 Å². The van der Waals surface area contributed by atoms with Gasteiger partial charge in [0.05, 0.1) is 6.54 Å². The SMILES string of the molecule is CC1(C)O[C@H]2Nc3ccccc3[C@@]2(CCNCC(=O)NC23CC4CC(CC(C4)C2)C3)O1. The second kappa shape index (κ2) is 6.93. The summed E-state index contributed by atoms with van der Waals surface area (Å²) < 4.78 is 12.6. The van der Waals surface area contributed by atoms with Crippen LogP contribution in [-0.2, 0) is 19.9 Å². The van der Waals surface area contributed by atoms with Crippen LogP contribution in [0.5, 0.6) is 0 Å². The zero-order valence-corrected chi connectivity index (χ0v) is 18.7. The van der Waals surface area contributed by atoms with Crippen LogP contribution in [0.3, 0.4) is 0 Å². The number of rotatable bonds is 6. The molecule has 31 heavy (non-hydrogen) atoms. The minimum Gasteiger partial charge on any atom is -0.357 e. The van der Waals surface area contributed by atoms with E-state index >= 15 is 0 Å². The van der Waals surface area contributed by atoms with Crippen LogP contribution in [0.1, 0.15) is 64.4 Å². The van der Waals surface area contributed by atoms with Crippen LogP contribution >= 0.6 is 0 Å². The van der Waals surface area contributed by atoms with Crippen molar-refractivity contribution in [2.45, 2.75) is 81.9 Å². The highest BCUT2D eigenvalue weighted by atomic mass is 16.8. The molecule has 0 spiro atoms. The van der Waals surface area contributed by atoms with Gasteiger partial charge in [0.2, 0.25) is 5.91 Å². The summed E-state index contributed by atoms with van der Waals surface area (Å²) in [5.41, 5.74) is 1.77. The Kier molecular flexibility index (Phi) is 4.47. The summed E-state index contributed by atoms with van der Waals surface area (Å²) in [4.78, 5) is 12.8. The van der Waals surface area contributed by atoms with E-state index in [1.54, 1.807) is 0 Å². The van der Waals surface area contributed by atoms with Crippen LogP contribution in [0, 0.1) is 17.8 Å². The summed E-state index contributed by atoms with van der Waals surface area (Å²) in [6.07, 6.45) is 8.30. The molecule has 1 aromatic carbocycles. The van der Waals surface area contributed by atoms with Crippen molar-refractivity contribution >= 4 is 11.6 Å². The molecule has 0 radical (unpaired) electrons. The van der Waals surface area contributed by atoms with Gasteiger partial charge in [-0.2, -0.15) is 0 Å². The molecule has 0 aromatic heterocycles. The molecule has 2 aliphatic heterocycles. The van der Waals surface area contributed by atoms with Crippen molar-refractivity contribution in [2.24, 2.45) is 17.8 Å². The fourth-order valence-corrected chi connectivity index (χ4v) is 7.75. The molecule has 1 aromatic rings. The van der Waals surface area contributed by atoms with Gasteiger partial charge in [0.25, 0.3) is 0 Å². The van der Waals surface area contributed by atoms with E-state index in [-0.39, 0.29) is 17.7 Å². The lowest BCUT2D eigenvalue weighted by Crippen LogP contribution is -2.60. The lowest BCUT2D eigenvalue weighted by Gasteiger charge is -2.56. The molecular weight excluding hydrogens is 390 g/mol. The Labute approximate surface area is 184 Å². The molecule has 6 heteroatoms. The number of carbonyl (C=O) groups excluding carboxylic acids is 1. The fourth-order valence-electron chi connectivity index (χ4n) is 7.75. The smallest absolute Gasteiger partial charge is 0.234 e. The number of fused-ring (bicyclic) bond motifs is 3. The van der Waals surface area contributed by atoms with Crippen molar-refractivity contribution in [1.82, 2.24) is 10.6 Å². The van der Waals surface area contributed by atoms with Gasteiger partial charge >= 0.3 is 0 Å². The molecule has 4 saturated carbocycles. The van der Waals surface area contributed by atoms with Crippen molar-refractivity contribution in [1.29, 1.82) is 0 Å². The van der Waals surface area contributed by atoms with Gasteiger partial charge in [-0.05, 0) is 89.2 Å². The zero-order chi connectivity index (χ0) is 21.3. The Bertz CT molecular complexity index is 849. The Balaban J connectivity index is 1.06. The second-order valence-corrected chi connectivity index (χ2v) is 11.3. The Hall–Kier alpha value is -1.63. The number of para-hydroxylation sites is 1. The molecule has 1 saturated heterocycles. The minimum absolute atomic E-state index is 0.0814. The number of anilines is 1. The van der Waals surface area contributed by atoms with E-state index in [1.807, 2.05) is 26.0 Å². The van der Waals surface area contributed by atoms with Crippen LogP contribution in [0.2, 0.25) is 0 Å². The van der Waals surface area contributed by atoms with Crippen LogP contribution < -0.4 is 16.0 Å². The number of carbonyl (C=O) groups is 1. The molecule has 2 heterocycles. The first-order valence-corrected chi connectivity index (χ1v) is 12.1. The number of amides is 1. The summed E-state index contributed by atoms with van der Waals surface area (Å²) in [5, 5.41) is 10.3. The Morgan fingerprint density at radius 1 is 1.10 bits per heavy atom. The van der Waals surface area contributed by atoms with E-state index in [2.05, 4.69) is 28.1 Å². The standard InChI is InChI=1S/C25H35N3O3/c1-23(2)30-22-25(31-23,19-5-3-4-6-20(19)27-22)7-8-26-15-21(29)28-24-12-16-9-17(13-24)11-18(10-16)14-24/h3-6,16-18,22,26-27H,7-15H2,1-2H3,(H,28,29)/t16?,17?,18?,22-,24?,25-/m1/s1. The topological polar surface area (TPSA) is 71.6 Å². The van der Waals surface area contributed by atoms with Gasteiger partial charge in [0, 0.05) is 16.8 Å². The van der Waals surface area contributed by atoms with E-state index in [0.717, 1.165) is 35.4 Å². The molecule has 5 fully saturated rings. The van der Waals surface area contributed by atoms with Crippen LogP contribution in [0.4, 0.5) is 5.69 Å². The predicted molar refractivity (Wildman–Crippen MR) is 118 cm³/mol. The quantitative estimate of drug-likeness (QED) is 0.609. The summed E-state index contributed by atoms with van der Waals surface area (Å²) in [7, 11) is 0. The van der Waals surface area contributed by atoms with Crippen molar-refractivity contribution in [3.05, 3.63) is 29.8 Å². The maximum atomic E-state index is 12.8. The van der Waals surface area contributed by atoms with Crippen molar-refractivity contribution in [3.63, 3.8) is 0 Å². The van der Waals surface area contributed by atoms with Gasteiger partial charge < -0.3 is 25.4 Å². The molecule has 4 bridgehead atoms. The first-order valence-electron chi connectivity index (χ1n) is 12.1. The first kappa shape index (κ1) is 20.0. The predicted octanol–water partition coefficient (Wildman–Crippen LogP) is 3.48. The number of nitrogens with one attached hydrogen (secondary N) is 3. The average Bonchev–Trinajstić information content (AvgIpc) is 3.10. The van der Waals surface area contributed by atoms with Crippen LogP contribution in [-0.4, -0.2) is 36.6 Å². The molecule has 168 valence electrons. The van der Waals surface area contributed by atoms with Gasteiger partial charge in [-0.1, -0.05) is 18.2 Å². The van der Waals surface area contributed by atoms with Gasteiger partial charge in [-0.25, -0.2) is 0 Å². The molecular formula is C25H35N3O3. The van der Waals surface area contributed by atoms with Crippen molar-refractivity contribution < 1.29 is 14.3 Å². The normalized spacial score (nSPS) is 41.0. The maximum absolute atomic E-state index is 12.8. The van der Waals surface area contributed by atoms with Crippen LogP contribution in [0.25, 0.3) is 0 Å². The third kappa shape index (κ3) is 3.38.